The zero-order chi connectivity index (χ0) is 20.3. The van der Waals surface area contributed by atoms with Crippen molar-refractivity contribution in [1.29, 1.82) is 0 Å². The van der Waals surface area contributed by atoms with Crippen LogP contribution in [0, 0.1) is 5.92 Å². The summed E-state index contributed by atoms with van der Waals surface area (Å²) in [7, 11) is -1.04. The van der Waals surface area contributed by atoms with Crippen LogP contribution in [-0.4, -0.2) is 58.6 Å². The normalized spacial score (nSPS) is 18.9. The molecular formula is C19H32N2O5S. The van der Waals surface area contributed by atoms with Gasteiger partial charge in [0.05, 0.1) is 6.61 Å². The van der Waals surface area contributed by atoms with Crippen molar-refractivity contribution < 1.29 is 23.0 Å². The molecule has 1 aliphatic rings. The first kappa shape index (κ1) is 21.9. The number of aromatic nitrogens is 1. The fourth-order valence-corrected chi connectivity index (χ4v) is 4.92. The standard InChI is InChI=1S/C19H32N2O5S/c1-18(2,13-24-5)15-11-16(21-26-15)20-17(22)19(3,4)27(6,23)12-14-7-9-25-10-8-14/h11,14H,6-10,12-13H2,1-5H3,(H,20,21,22). The topological polar surface area (TPSA) is 90.7 Å². The molecule has 2 heterocycles. The molecule has 1 amide bonds. The number of ether oxygens (including phenoxy) is 2. The molecule has 1 saturated heterocycles. The highest BCUT2D eigenvalue weighted by Crippen LogP contribution is 2.28. The van der Waals surface area contributed by atoms with Gasteiger partial charge in [-0.1, -0.05) is 19.0 Å². The highest BCUT2D eigenvalue weighted by molar-refractivity contribution is 8.02. The third-order valence-electron chi connectivity index (χ3n) is 5.25. The van der Waals surface area contributed by atoms with E-state index in [0.29, 0.717) is 37.2 Å². The predicted molar refractivity (Wildman–Crippen MR) is 108 cm³/mol. The summed E-state index contributed by atoms with van der Waals surface area (Å²) in [5.74, 6) is 5.15. The average Bonchev–Trinajstić information content (AvgIpc) is 3.04. The molecule has 0 radical (unpaired) electrons. The first-order chi connectivity index (χ1) is 12.5. The fourth-order valence-electron chi connectivity index (χ4n) is 3.02. The molecule has 1 aromatic rings. The smallest absolute Gasteiger partial charge is 0.243 e. The van der Waals surface area contributed by atoms with Gasteiger partial charge in [0.2, 0.25) is 5.91 Å². The van der Waals surface area contributed by atoms with Gasteiger partial charge in [0, 0.05) is 37.6 Å². The molecule has 8 heteroatoms. The summed E-state index contributed by atoms with van der Waals surface area (Å²) in [6, 6.07) is 1.68. The minimum Gasteiger partial charge on any atom is -0.384 e. The summed E-state index contributed by atoms with van der Waals surface area (Å²) in [6.07, 6.45) is 1.71. The van der Waals surface area contributed by atoms with Gasteiger partial charge < -0.3 is 19.3 Å². The molecule has 1 atom stereocenters. The molecular weight excluding hydrogens is 368 g/mol. The molecule has 154 valence electrons. The average molecular weight is 401 g/mol. The molecule has 1 aliphatic heterocycles. The van der Waals surface area contributed by atoms with Crippen LogP contribution in [-0.2, 0) is 29.2 Å². The SMILES string of the molecule is C=S(=O)(CC1CCOCC1)C(C)(C)C(=O)Nc1cc(C(C)(C)COC)on1. The summed E-state index contributed by atoms with van der Waals surface area (Å²) in [5.41, 5.74) is -0.372. The molecule has 1 aromatic heterocycles. The van der Waals surface area contributed by atoms with Crippen molar-refractivity contribution in [1.82, 2.24) is 5.16 Å². The largest absolute Gasteiger partial charge is 0.384 e. The van der Waals surface area contributed by atoms with Crippen molar-refractivity contribution in [2.24, 2.45) is 5.92 Å². The van der Waals surface area contributed by atoms with Crippen molar-refractivity contribution in [2.45, 2.75) is 50.7 Å². The number of rotatable bonds is 8. The quantitative estimate of drug-likeness (QED) is 0.674. The van der Waals surface area contributed by atoms with Crippen LogP contribution in [0.3, 0.4) is 0 Å². The zero-order valence-electron chi connectivity index (χ0n) is 17.0. The Bertz CT molecular complexity index is 746. The fraction of sp³-hybridized carbons (Fsp3) is 0.737. The summed E-state index contributed by atoms with van der Waals surface area (Å²) >= 11 is 0. The van der Waals surface area contributed by atoms with E-state index in [1.165, 1.54) is 0 Å². The lowest BCUT2D eigenvalue weighted by Gasteiger charge is -2.31. The third kappa shape index (κ3) is 5.12. The predicted octanol–water partition coefficient (Wildman–Crippen LogP) is 2.46. The Morgan fingerprint density at radius 1 is 1.37 bits per heavy atom. The zero-order valence-corrected chi connectivity index (χ0v) is 17.8. The Hall–Kier alpha value is -1.38. The second-order valence-corrected chi connectivity index (χ2v) is 11.4. The summed E-state index contributed by atoms with van der Waals surface area (Å²) in [6.45, 7) is 9.07. The van der Waals surface area contributed by atoms with Gasteiger partial charge in [-0.3, -0.25) is 9.00 Å². The van der Waals surface area contributed by atoms with E-state index in [2.05, 4.69) is 16.3 Å². The molecule has 1 fully saturated rings. The number of hydrogen-bond donors (Lipinski definition) is 1. The van der Waals surface area contributed by atoms with Crippen molar-refractivity contribution in [3.8, 4) is 0 Å². The highest BCUT2D eigenvalue weighted by atomic mass is 32.2. The molecule has 0 spiro atoms. The summed E-state index contributed by atoms with van der Waals surface area (Å²) in [5, 5.41) is 6.66. The minimum absolute atomic E-state index is 0.268. The van der Waals surface area contributed by atoms with Crippen LogP contribution in [0.15, 0.2) is 10.6 Å². The molecule has 0 saturated carbocycles. The van der Waals surface area contributed by atoms with Gasteiger partial charge in [-0.05, 0) is 48.0 Å². The first-order valence-electron chi connectivity index (χ1n) is 9.19. The molecule has 7 nitrogen and oxygen atoms in total. The van der Waals surface area contributed by atoms with Gasteiger partial charge in [0.25, 0.3) is 0 Å². The number of carbonyl (C=O) groups excluding carboxylic acids is 1. The maximum atomic E-state index is 13.3. The van der Waals surface area contributed by atoms with Crippen LogP contribution < -0.4 is 5.32 Å². The Morgan fingerprint density at radius 3 is 2.59 bits per heavy atom. The van der Waals surface area contributed by atoms with Crippen molar-refractivity contribution in [3.05, 3.63) is 11.8 Å². The number of nitrogens with zero attached hydrogens (tertiary/aromatic N) is 1. The van der Waals surface area contributed by atoms with E-state index in [1.807, 2.05) is 13.8 Å². The molecule has 0 bridgehead atoms. The molecule has 2 rings (SSSR count). The van der Waals surface area contributed by atoms with E-state index >= 15 is 0 Å². The number of carbonyl (C=O) groups is 1. The van der Waals surface area contributed by atoms with Crippen LogP contribution in [0.25, 0.3) is 0 Å². The number of nitrogens with one attached hydrogen (secondary N) is 1. The number of anilines is 1. The van der Waals surface area contributed by atoms with E-state index in [-0.39, 0.29) is 17.2 Å². The van der Waals surface area contributed by atoms with E-state index in [1.54, 1.807) is 27.0 Å². The minimum atomic E-state index is -2.65. The molecule has 1 N–H and O–H groups in total. The van der Waals surface area contributed by atoms with E-state index in [4.69, 9.17) is 14.0 Å². The van der Waals surface area contributed by atoms with Crippen molar-refractivity contribution in [2.75, 3.05) is 38.0 Å². The summed E-state index contributed by atoms with van der Waals surface area (Å²) in [4.78, 5) is 12.8. The lowest BCUT2D eigenvalue weighted by atomic mass is 9.91. The Kier molecular flexibility index (Phi) is 6.76. The maximum absolute atomic E-state index is 13.3. The number of amides is 1. The van der Waals surface area contributed by atoms with Crippen LogP contribution in [0.2, 0.25) is 0 Å². The van der Waals surface area contributed by atoms with E-state index < -0.39 is 14.3 Å². The second kappa shape index (κ2) is 8.32. The van der Waals surface area contributed by atoms with Gasteiger partial charge in [0.1, 0.15) is 10.5 Å². The van der Waals surface area contributed by atoms with Gasteiger partial charge in [-0.25, -0.2) is 0 Å². The van der Waals surface area contributed by atoms with Crippen LogP contribution >= 0.6 is 0 Å². The summed E-state index contributed by atoms with van der Waals surface area (Å²) < 4.78 is 28.1. The van der Waals surface area contributed by atoms with Crippen molar-refractivity contribution >= 4 is 27.1 Å². The number of methoxy groups -OCH3 is 1. The lowest BCUT2D eigenvalue weighted by Crippen LogP contribution is -2.47. The molecule has 0 aliphatic carbocycles. The van der Waals surface area contributed by atoms with Crippen LogP contribution in [0.4, 0.5) is 5.82 Å². The monoisotopic (exact) mass is 400 g/mol. The third-order valence-corrected chi connectivity index (χ3v) is 8.30. The Morgan fingerprint density at radius 2 is 2.00 bits per heavy atom. The van der Waals surface area contributed by atoms with Gasteiger partial charge in [-0.2, -0.15) is 0 Å². The van der Waals surface area contributed by atoms with Crippen molar-refractivity contribution in [3.63, 3.8) is 0 Å². The van der Waals surface area contributed by atoms with Crippen LogP contribution in [0.5, 0.6) is 0 Å². The Labute approximate surface area is 162 Å². The van der Waals surface area contributed by atoms with Gasteiger partial charge in [-0.15, -0.1) is 0 Å². The van der Waals surface area contributed by atoms with E-state index in [9.17, 15) is 9.00 Å². The highest BCUT2D eigenvalue weighted by Gasteiger charge is 2.39. The molecule has 1 unspecified atom stereocenters. The Balaban J connectivity index is 2.08. The van der Waals surface area contributed by atoms with Gasteiger partial charge >= 0.3 is 0 Å². The maximum Gasteiger partial charge on any atom is 0.243 e. The molecule has 27 heavy (non-hydrogen) atoms. The molecule has 0 aromatic carbocycles. The van der Waals surface area contributed by atoms with E-state index in [0.717, 1.165) is 12.8 Å². The lowest BCUT2D eigenvalue weighted by molar-refractivity contribution is -0.117. The number of hydrogen-bond acceptors (Lipinski definition) is 6. The first-order valence-corrected chi connectivity index (χ1v) is 11.1. The second-order valence-electron chi connectivity index (χ2n) is 8.39. The van der Waals surface area contributed by atoms with Crippen LogP contribution in [0.1, 0.15) is 46.3 Å². The van der Waals surface area contributed by atoms with Gasteiger partial charge in [0.15, 0.2) is 5.82 Å².